The van der Waals surface area contributed by atoms with Gasteiger partial charge in [0.05, 0.1) is 0 Å². The summed E-state index contributed by atoms with van der Waals surface area (Å²) in [6.07, 6.45) is 0. The summed E-state index contributed by atoms with van der Waals surface area (Å²) in [6, 6.07) is 9.32. The molecular weight excluding hydrogens is 204 g/mol. The molecular formula is C12H12N2O2. The van der Waals surface area contributed by atoms with Crippen molar-refractivity contribution in [1.29, 1.82) is 0 Å². The Morgan fingerprint density at radius 1 is 1.31 bits per heavy atom. The Balaban J connectivity index is 2.45. The molecule has 0 aliphatic carbocycles. The van der Waals surface area contributed by atoms with Gasteiger partial charge in [0.2, 0.25) is 0 Å². The fourth-order valence-corrected chi connectivity index (χ4v) is 1.54. The first kappa shape index (κ1) is 10.3. The zero-order valence-corrected chi connectivity index (χ0v) is 8.82. The van der Waals surface area contributed by atoms with Crippen molar-refractivity contribution in [2.24, 2.45) is 0 Å². The third-order valence-corrected chi connectivity index (χ3v) is 2.44. The predicted octanol–water partition coefficient (Wildman–Crippen LogP) is 2.27. The van der Waals surface area contributed by atoms with Gasteiger partial charge in [-0.3, -0.25) is 0 Å². The molecule has 0 saturated heterocycles. The lowest BCUT2D eigenvalue weighted by Gasteiger charge is -1.97. The van der Waals surface area contributed by atoms with E-state index < -0.39 is 5.97 Å². The number of aromatic carboxylic acids is 1. The second-order valence-electron chi connectivity index (χ2n) is 3.68. The summed E-state index contributed by atoms with van der Waals surface area (Å²) in [6.45, 7) is 2.00. The van der Waals surface area contributed by atoms with Gasteiger partial charge in [0, 0.05) is 5.69 Å². The number of nitrogen functional groups attached to an aromatic ring is 1. The Hall–Kier alpha value is -2.23. The van der Waals surface area contributed by atoms with E-state index in [2.05, 4.69) is 4.98 Å². The summed E-state index contributed by atoms with van der Waals surface area (Å²) in [7, 11) is 0. The molecule has 0 bridgehead atoms. The second-order valence-corrected chi connectivity index (χ2v) is 3.68. The van der Waals surface area contributed by atoms with Crippen molar-refractivity contribution in [3.8, 4) is 11.3 Å². The van der Waals surface area contributed by atoms with E-state index in [0.29, 0.717) is 0 Å². The van der Waals surface area contributed by atoms with Crippen LogP contribution in [0.1, 0.15) is 15.9 Å². The summed E-state index contributed by atoms with van der Waals surface area (Å²) in [4.78, 5) is 13.7. The van der Waals surface area contributed by atoms with Crippen LogP contribution < -0.4 is 5.73 Å². The zero-order valence-electron chi connectivity index (χ0n) is 8.82. The number of benzene rings is 1. The maximum Gasteiger partial charge on any atom is 0.339 e. The standard InChI is InChI=1S/C12H12N2O2/c1-7-2-4-8(5-3-7)10-6-9(12(15)16)11(13)14-10/h2-6,14H,13H2,1H3,(H,15,16). The number of H-pyrrole nitrogens is 1. The monoisotopic (exact) mass is 216 g/mol. The molecule has 0 aliphatic rings. The highest BCUT2D eigenvalue weighted by Crippen LogP contribution is 2.23. The molecule has 1 aromatic carbocycles. The van der Waals surface area contributed by atoms with Gasteiger partial charge in [0.1, 0.15) is 11.4 Å². The lowest BCUT2D eigenvalue weighted by molar-refractivity contribution is 0.0698. The van der Waals surface area contributed by atoms with Crippen molar-refractivity contribution in [1.82, 2.24) is 4.98 Å². The summed E-state index contributed by atoms with van der Waals surface area (Å²) < 4.78 is 0. The van der Waals surface area contributed by atoms with E-state index in [9.17, 15) is 4.79 Å². The largest absolute Gasteiger partial charge is 0.478 e. The van der Waals surface area contributed by atoms with Crippen LogP contribution in [0.25, 0.3) is 11.3 Å². The van der Waals surface area contributed by atoms with Crippen LogP contribution in [-0.2, 0) is 0 Å². The second kappa shape index (κ2) is 3.73. The van der Waals surface area contributed by atoms with Crippen molar-refractivity contribution >= 4 is 11.8 Å². The molecule has 0 aliphatic heterocycles. The van der Waals surface area contributed by atoms with Crippen LogP contribution in [0.3, 0.4) is 0 Å². The zero-order chi connectivity index (χ0) is 11.7. The van der Waals surface area contributed by atoms with Gasteiger partial charge in [-0.1, -0.05) is 29.8 Å². The van der Waals surface area contributed by atoms with Crippen molar-refractivity contribution < 1.29 is 9.90 Å². The van der Waals surface area contributed by atoms with Gasteiger partial charge in [0.15, 0.2) is 0 Å². The van der Waals surface area contributed by atoms with E-state index in [1.165, 1.54) is 0 Å². The Morgan fingerprint density at radius 3 is 2.44 bits per heavy atom. The topological polar surface area (TPSA) is 79.1 Å². The number of carbonyl (C=O) groups is 1. The van der Waals surface area contributed by atoms with Gasteiger partial charge in [0.25, 0.3) is 0 Å². The van der Waals surface area contributed by atoms with Crippen molar-refractivity contribution in [2.45, 2.75) is 6.92 Å². The minimum absolute atomic E-state index is 0.107. The number of carboxylic acid groups (broad SMARTS) is 1. The smallest absolute Gasteiger partial charge is 0.339 e. The van der Waals surface area contributed by atoms with Gasteiger partial charge >= 0.3 is 5.97 Å². The van der Waals surface area contributed by atoms with Gasteiger partial charge in [-0.25, -0.2) is 4.79 Å². The number of carboxylic acids is 1. The normalized spacial score (nSPS) is 10.3. The van der Waals surface area contributed by atoms with Crippen LogP contribution in [0.2, 0.25) is 0 Å². The first-order chi connectivity index (χ1) is 7.58. The number of hydrogen-bond acceptors (Lipinski definition) is 2. The third kappa shape index (κ3) is 1.77. The molecule has 0 unspecified atom stereocenters. The molecule has 0 amide bonds. The highest BCUT2D eigenvalue weighted by Gasteiger charge is 2.12. The Morgan fingerprint density at radius 2 is 1.94 bits per heavy atom. The van der Waals surface area contributed by atoms with Gasteiger partial charge in [-0.2, -0.15) is 0 Å². The average Bonchev–Trinajstić information content (AvgIpc) is 2.61. The van der Waals surface area contributed by atoms with Crippen LogP contribution in [0.15, 0.2) is 30.3 Å². The molecule has 0 atom stereocenters. The van der Waals surface area contributed by atoms with Crippen LogP contribution in [0.4, 0.5) is 5.82 Å². The maximum absolute atomic E-state index is 10.8. The van der Waals surface area contributed by atoms with Crippen LogP contribution in [0.5, 0.6) is 0 Å². The molecule has 1 heterocycles. The fraction of sp³-hybridized carbons (Fsp3) is 0.0833. The molecule has 0 fully saturated rings. The molecule has 0 spiro atoms. The number of aryl methyl sites for hydroxylation is 1. The molecule has 0 saturated carbocycles. The Labute approximate surface area is 92.7 Å². The third-order valence-electron chi connectivity index (χ3n) is 2.44. The fourth-order valence-electron chi connectivity index (χ4n) is 1.54. The highest BCUT2D eigenvalue weighted by molar-refractivity contribution is 5.94. The molecule has 82 valence electrons. The van der Waals surface area contributed by atoms with E-state index in [4.69, 9.17) is 10.8 Å². The predicted molar refractivity (Wildman–Crippen MR) is 62.3 cm³/mol. The van der Waals surface area contributed by atoms with E-state index in [-0.39, 0.29) is 11.4 Å². The maximum atomic E-state index is 10.8. The van der Waals surface area contributed by atoms with Crippen molar-refractivity contribution in [3.05, 3.63) is 41.5 Å². The average molecular weight is 216 g/mol. The van der Waals surface area contributed by atoms with Gasteiger partial charge in [-0.15, -0.1) is 0 Å². The van der Waals surface area contributed by atoms with E-state index in [1.54, 1.807) is 6.07 Å². The number of nitrogens with two attached hydrogens (primary N) is 1. The van der Waals surface area contributed by atoms with Gasteiger partial charge < -0.3 is 15.8 Å². The quantitative estimate of drug-likeness (QED) is 0.720. The first-order valence-corrected chi connectivity index (χ1v) is 4.87. The number of anilines is 1. The van der Waals surface area contributed by atoms with Crippen LogP contribution in [-0.4, -0.2) is 16.1 Å². The minimum Gasteiger partial charge on any atom is -0.478 e. The SMILES string of the molecule is Cc1ccc(-c2cc(C(=O)O)c(N)[nH]2)cc1. The Kier molecular flexibility index (Phi) is 2.40. The van der Waals surface area contributed by atoms with Crippen LogP contribution in [0, 0.1) is 6.92 Å². The lowest BCUT2D eigenvalue weighted by atomic mass is 10.1. The van der Waals surface area contributed by atoms with Crippen molar-refractivity contribution in [3.63, 3.8) is 0 Å². The number of rotatable bonds is 2. The van der Waals surface area contributed by atoms with Crippen molar-refractivity contribution in [2.75, 3.05) is 5.73 Å². The molecule has 2 aromatic rings. The summed E-state index contributed by atoms with van der Waals surface area (Å²) in [5, 5.41) is 8.87. The summed E-state index contributed by atoms with van der Waals surface area (Å²) in [5.74, 6) is -0.838. The molecule has 4 heteroatoms. The van der Waals surface area contributed by atoms with E-state index in [0.717, 1.165) is 16.8 Å². The molecule has 4 N–H and O–H groups in total. The molecule has 16 heavy (non-hydrogen) atoms. The number of hydrogen-bond donors (Lipinski definition) is 3. The molecule has 1 aromatic heterocycles. The van der Waals surface area contributed by atoms with Gasteiger partial charge in [-0.05, 0) is 18.6 Å². The minimum atomic E-state index is -1.02. The molecule has 0 radical (unpaired) electrons. The summed E-state index contributed by atoms with van der Waals surface area (Å²) in [5.41, 5.74) is 8.47. The highest BCUT2D eigenvalue weighted by atomic mass is 16.4. The number of aromatic amines is 1. The number of nitrogens with one attached hydrogen (secondary N) is 1. The molecule has 2 rings (SSSR count). The molecule has 4 nitrogen and oxygen atoms in total. The lowest BCUT2D eigenvalue weighted by Crippen LogP contribution is -1.98. The van der Waals surface area contributed by atoms with Crippen LogP contribution >= 0.6 is 0 Å². The first-order valence-electron chi connectivity index (χ1n) is 4.87. The Bertz CT molecular complexity index is 526. The van der Waals surface area contributed by atoms with E-state index >= 15 is 0 Å². The number of aromatic nitrogens is 1. The van der Waals surface area contributed by atoms with E-state index in [1.807, 2.05) is 31.2 Å². The summed E-state index contributed by atoms with van der Waals surface area (Å²) >= 11 is 0.